The van der Waals surface area contributed by atoms with Crippen LogP contribution in [0.3, 0.4) is 0 Å². The van der Waals surface area contributed by atoms with Crippen LogP contribution in [0.5, 0.6) is 5.75 Å². The average Bonchev–Trinajstić information content (AvgIpc) is 2.49. The number of hydrogen-bond donors (Lipinski definition) is 1. The molecule has 0 saturated carbocycles. The molecule has 1 heterocycles. The molecule has 108 valence electrons. The number of nitrogens with zero attached hydrogens (tertiary/aromatic N) is 2. The fourth-order valence-electron chi connectivity index (χ4n) is 1.63. The third-order valence-electron chi connectivity index (χ3n) is 2.56. The van der Waals surface area contributed by atoms with Gasteiger partial charge in [-0.2, -0.15) is 5.10 Å². The van der Waals surface area contributed by atoms with Crippen LogP contribution >= 0.6 is 0 Å². The van der Waals surface area contributed by atoms with Crippen molar-refractivity contribution in [2.75, 3.05) is 0 Å². The van der Waals surface area contributed by atoms with Crippen LogP contribution in [0.2, 0.25) is 0 Å². The molecule has 0 saturated heterocycles. The van der Waals surface area contributed by atoms with Gasteiger partial charge in [0.1, 0.15) is 5.75 Å². The van der Waals surface area contributed by atoms with E-state index in [-0.39, 0.29) is 12.0 Å². The maximum absolute atomic E-state index is 11.7. The molecular weight excluding hydrogens is 266 g/mol. The number of aromatic nitrogens is 1. The molecule has 1 aromatic carbocycles. The molecule has 5 nitrogen and oxygen atoms in total. The molecule has 0 aliphatic heterocycles. The predicted molar refractivity (Wildman–Crippen MR) is 81.5 cm³/mol. The van der Waals surface area contributed by atoms with Crippen molar-refractivity contribution >= 4 is 12.1 Å². The summed E-state index contributed by atoms with van der Waals surface area (Å²) in [6.45, 7) is 3.95. The number of hydrogen-bond acceptors (Lipinski definition) is 4. The quantitative estimate of drug-likeness (QED) is 0.677. The van der Waals surface area contributed by atoms with Crippen LogP contribution in [0.1, 0.15) is 29.8 Å². The second-order valence-electron chi connectivity index (χ2n) is 4.68. The van der Waals surface area contributed by atoms with Crippen LogP contribution in [0, 0.1) is 0 Å². The van der Waals surface area contributed by atoms with E-state index in [2.05, 4.69) is 15.5 Å². The Morgan fingerprint density at radius 3 is 2.67 bits per heavy atom. The van der Waals surface area contributed by atoms with Crippen LogP contribution in [0.4, 0.5) is 0 Å². The highest BCUT2D eigenvalue weighted by Crippen LogP contribution is 2.12. The van der Waals surface area contributed by atoms with Gasteiger partial charge in [0.25, 0.3) is 5.91 Å². The zero-order chi connectivity index (χ0) is 15.1. The predicted octanol–water partition coefficient (Wildman–Crippen LogP) is 2.63. The van der Waals surface area contributed by atoms with Crippen molar-refractivity contribution in [1.82, 2.24) is 10.4 Å². The summed E-state index contributed by atoms with van der Waals surface area (Å²) in [7, 11) is 0. The van der Waals surface area contributed by atoms with Gasteiger partial charge in [0.2, 0.25) is 0 Å². The largest absolute Gasteiger partial charge is 0.491 e. The average molecular weight is 283 g/mol. The number of nitrogens with one attached hydrogen (secondary N) is 1. The van der Waals surface area contributed by atoms with E-state index in [0.717, 1.165) is 11.3 Å². The fraction of sp³-hybridized carbons (Fsp3) is 0.188. The van der Waals surface area contributed by atoms with Gasteiger partial charge in [-0.3, -0.25) is 9.78 Å². The fourth-order valence-corrected chi connectivity index (χ4v) is 1.63. The third kappa shape index (κ3) is 4.72. The summed E-state index contributed by atoms with van der Waals surface area (Å²) in [6.07, 6.45) is 4.82. The zero-order valence-electron chi connectivity index (χ0n) is 12.0. The molecule has 0 radical (unpaired) electrons. The monoisotopic (exact) mass is 283 g/mol. The van der Waals surface area contributed by atoms with Gasteiger partial charge in [-0.05, 0) is 55.8 Å². The van der Waals surface area contributed by atoms with Crippen molar-refractivity contribution in [1.29, 1.82) is 0 Å². The van der Waals surface area contributed by atoms with Gasteiger partial charge in [0, 0.05) is 12.4 Å². The molecular formula is C16H17N3O2. The van der Waals surface area contributed by atoms with E-state index in [1.54, 1.807) is 24.5 Å². The summed E-state index contributed by atoms with van der Waals surface area (Å²) >= 11 is 0. The van der Waals surface area contributed by atoms with Crippen molar-refractivity contribution in [3.05, 3.63) is 59.9 Å². The SMILES string of the molecule is CC(C)Oc1ccc(/C=N/NC(=O)c2cccnc2)cc1. The lowest BCUT2D eigenvalue weighted by atomic mass is 10.2. The summed E-state index contributed by atoms with van der Waals surface area (Å²) in [4.78, 5) is 15.6. The van der Waals surface area contributed by atoms with Crippen molar-refractivity contribution in [2.24, 2.45) is 5.10 Å². The van der Waals surface area contributed by atoms with Crippen molar-refractivity contribution in [3.63, 3.8) is 0 Å². The van der Waals surface area contributed by atoms with E-state index in [9.17, 15) is 4.79 Å². The molecule has 0 unspecified atom stereocenters. The highest BCUT2D eigenvalue weighted by atomic mass is 16.5. The minimum atomic E-state index is -0.292. The first-order chi connectivity index (χ1) is 10.1. The number of carbonyl (C=O) groups is 1. The van der Waals surface area contributed by atoms with Gasteiger partial charge >= 0.3 is 0 Å². The smallest absolute Gasteiger partial charge is 0.272 e. The molecule has 0 aliphatic rings. The Morgan fingerprint density at radius 1 is 1.29 bits per heavy atom. The van der Waals surface area contributed by atoms with E-state index < -0.39 is 0 Å². The van der Waals surface area contributed by atoms with Gasteiger partial charge in [0.05, 0.1) is 17.9 Å². The number of ether oxygens (including phenoxy) is 1. The lowest BCUT2D eigenvalue weighted by Crippen LogP contribution is -2.17. The first kappa shape index (κ1) is 14.7. The molecule has 2 aromatic rings. The molecule has 0 fully saturated rings. The Labute approximate surface area is 123 Å². The summed E-state index contributed by atoms with van der Waals surface area (Å²) in [6, 6.07) is 10.9. The Kier molecular flexibility index (Phi) is 5.04. The summed E-state index contributed by atoms with van der Waals surface area (Å²) in [5.41, 5.74) is 3.79. The van der Waals surface area contributed by atoms with Crippen molar-refractivity contribution in [2.45, 2.75) is 20.0 Å². The van der Waals surface area contributed by atoms with Crippen LogP contribution in [-0.2, 0) is 0 Å². The second kappa shape index (κ2) is 7.19. The highest BCUT2D eigenvalue weighted by Gasteiger charge is 2.02. The molecule has 21 heavy (non-hydrogen) atoms. The third-order valence-corrected chi connectivity index (χ3v) is 2.56. The summed E-state index contributed by atoms with van der Waals surface area (Å²) < 4.78 is 5.55. The van der Waals surface area contributed by atoms with Gasteiger partial charge < -0.3 is 4.74 Å². The van der Waals surface area contributed by atoms with E-state index in [4.69, 9.17) is 4.74 Å². The Morgan fingerprint density at radius 2 is 2.05 bits per heavy atom. The lowest BCUT2D eigenvalue weighted by Gasteiger charge is -2.09. The van der Waals surface area contributed by atoms with Gasteiger partial charge in [0.15, 0.2) is 0 Å². The molecule has 2 rings (SSSR count). The van der Waals surface area contributed by atoms with Gasteiger partial charge in [-0.25, -0.2) is 5.43 Å². The molecule has 0 atom stereocenters. The normalized spacial score (nSPS) is 10.8. The summed E-state index contributed by atoms with van der Waals surface area (Å²) in [5.74, 6) is 0.514. The molecule has 1 amide bonds. The number of pyridine rings is 1. The molecule has 5 heteroatoms. The zero-order valence-corrected chi connectivity index (χ0v) is 12.0. The summed E-state index contributed by atoms with van der Waals surface area (Å²) in [5, 5.41) is 3.92. The van der Waals surface area contributed by atoms with Crippen LogP contribution in [0.25, 0.3) is 0 Å². The minimum Gasteiger partial charge on any atom is -0.491 e. The molecule has 1 aromatic heterocycles. The maximum Gasteiger partial charge on any atom is 0.272 e. The standard InChI is InChI=1S/C16H17N3O2/c1-12(2)21-15-7-5-13(6-8-15)10-18-19-16(20)14-4-3-9-17-11-14/h3-12H,1-2H3,(H,19,20)/b18-10+. The second-order valence-corrected chi connectivity index (χ2v) is 4.68. The molecule has 0 spiro atoms. The Hall–Kier alpha value is -2.69. The maximum atomic E-state index is 11.7. The highest BCUT2D eigenvalue weighted by molar-refractivity contribution is 5.94. The Balaban J connectivity index is 1.91. The van der Waals surface area contributed by atoms with E-state index in [1.807, 2.05) is 38.1 Å². The van der Waals surface area contributed by atoms with E-state index in [0.29, 0.717) is 5.56 Å². The van der Waals surface area contributed by atoms with Crippen molar-refractivity contribution in [3.8, 4) is 5.75 Å². The van der Waals surface area contributed by atoms with Crippen LogP contribution in [-0.4, -0.2) is 23.2 Å². The number of rotatable bonds is 5. The van der Waals surface area contributed by atoms with E-state index in [1.165, 1.54) is 6.20 Å². The number of benzene rings is 1. The van der Waals surface area contributed by atoms with Crippen molar-refractivity contribution < 1.29 is 9.53 Å². The lowest BCUT2D eigenvalue weighted by molar-refractivity contribution is 0.0955. The number of amides is 1. The molecule has 1 N–H and O–H groups in total. The first-order valence-electron chi connectivity index (χ1n) is 6.65. The number of hydrazone groups is 1. The first-order valence-corrected chi connectivity index (χ1v) is 6.65. The van der Waals surface area contributed by atoms with Crippen LogP contribution in [0.15, 0.2) is 53.9 Å². The topological polar surface area (TPSA) is 63.6 Å². The van der Waals surface area contributed by atoms with Gasteiger partial charge in [-0.15, -0.1) is 0 Å². The molecule has 0 bridgehead atoms. The van der Waals surface area contributed by atoms with Gasteiger partial charge in [-0.1, -0.05) is 0 Å². The van der Waals surface area contributed by atoms with Crippen LogP contribution < -0.4 is 10.2 Å². The minimum absolute atomic E-state index is 0.142. The molecule has 0 aliphatic carbocycles. The Bertz CT molecular complexity index is 607. The number of carbonyl (C=O) groups excluding carboxylic acids is 1. The van der Waals surface area contributed by atoms with E-state index >= 15 is 0 Å².